The highest BCUT2D eigenvalue weighted by atomic mass is 16.5. The van der Waals surface area contributed by atoms with Crippen LogP contribution in [-0.4, -0.2) is 42.8 Å². The minimum absolute atomic E-state index is 0.367. The average Bonchev–Trinajstić information content (AvgIpc) is 2.71. The summed E-state index contributed by atoms with van der Waals surface area (Å²) in [6, 6.07) is 2.23. The molecule has 2 heterocycles. The SMILES string of the molecule is N#CC1(N)CCCN(CC2CCCO2)C1. The Morgan fingerprint density at radius 3 is 3.07 bits per heavy atom. The molecule has 2 unspecified atom stereocenters. The first kappa shape index (κ1) is 10.9. The number of nitriles is 1. The summed E-state index contributed by atoms with van der Waals surface area (Å²) in [5, 5.41) is 9.00. The molecule has 0 saturated carbocycles. The lowest BCUT2D eigenvalue weighted by atomic mass is 9.91. The zero-order valence-corrected chi connectivity index (χ0v) is 9.11. The van der Waals surface area contributed by atoms with Crippen LogP contribution in [0.15, 0.2) is 0 Å². The van der Waals surface area contributed by atoms with Crippen LogP contribution in [0.5, 0.6) is 0 Å². The number of hydrogen-bond donors (Lipinski definition) is 1. The molecule has 0 amide bonds. The van der Waals surface area contributed by atoms with E-state index >= 15 is 0 Å². The van der Waals surface area contributed by atoms with Gasteiger partial charge in [-0.05, 0) is 32.2 Å². The lowest BCUT2D eigenvalue weighted by molar-refractivity contribution is 0.0580. The maximum atomic E-state index is 9.00. The van der Waals surface area contributed by atoms with Gasteiger partial charge < -0.3 is 10.5 Å². The van der Waals surface area contributed by atoms with E-state index < -0.39 is 5.54 Å². The lowest BCUT2D eigenvalue weighted by Crippen LogP contribution is -2.54. The molecule has 0 aromatic rings. The molecule has 15 heavy (non-hydrogen) atoms. The van der Waals surface area contributed by atoms with Crippen molar-refractivity contribution in [1.82, 2.24) is 4.90 Å². The molecule has 0 aliphatic carbocycles. The molecule has 2 rings (SSSR count). The number of ether oxygens (including phenoxy) is 1. The molecule has 2 saturated heterocycles. The Labute approximate surface area is 91.0 Å². The average molecular weight is 209 g/mol. The van der Waals surface area contributed by atoms with Crippen LogP contribution in [0.3, 0.4) is 0 Å². The molecule has 0 aromatic heterocycles. The molecule has 0 aromatic carbocycles. The fourth-order valence-electron chi connectivity index (χ4n) is 2.50. The van der Waals surface area contributed by atoms with E-state index in [1.165, 1.54) is 6.42 Å². The fraction of sp³-hybridized carbons (Fsp3) is 0.909. The van der Waals surface area contributed by atoms with E-state index in [1.807, 2.05) is 0 Å². The summed E-state index contributed by atoms with van der Waals surface area (Å²) in [6.45, 7) is 3.59. The predicted octanol–water partition coefficient (Wildman–Crippen LogP) is 0.482. The number of likely N-dealkylation sites (tertiary alicyclic amines) is 1. The summed E-state index contributed by atoms with van der Waals surface area (Å²) in [7, 11) is 0. The number of nitrogens with two attached hydrogens (primary N) is 1. The van der Waals surface area contributed by atoms with Crippen LogP contribution < -0.4 is 5.73 Å². The predicted molar refractivity (Wildman–Crippen MR) is 57.2 cm³/mol. The zero-order valence-electron chi connectivity index (χ0n) is 9.11. The smallest absolute Gasteiger partial charge is 0.117 e. The molecular weight excluding hydrogens is 190 g/mol. The van der Waals surface area contributed by atoms with Crippen LogP contribution in [0.2, 0.25) is 0 Å². The summed E-state index contributed by atoms with van der Waals surface area (Å²) in [5.41, 5.74) is 5.35. The standard InChI is InChI=1S/C11H19N3O/c12-8-11(13)4-2-5-14(9-11)7-10-3-1-6-15-10/h10H,1-7,9,13H2. The lowest BCUT2D eigenvalue weighted by Gasteiger charge is -2.36. The summed E-state index contributed by atoms with van der Waals surface area (Å²) in [5.74, 6) is 0. The first-order valence-corrected chi connectivity index (χ1v) is 5.76. The van der Waals surface area contributed by atoms with Crippen LogP contribution >= 0.6 is 0 Å². The van der Waals surface area contributed by atoms with Crippen LogP contribution in [0.4, 0.5) is 0 Å². The van der Waals surface area contributed by atoms with E-state index in [-0.39, 0.29) is 0 Å². The van der Waals surface area contributed by atoms with Gasteiger partial charge >= 0.3 is 0 Å². The Kier molecular flexibility index (Phi) is 3.25. The van der Waals surface area contributed by atoms with Crippen LogP contribution in [0, 0.1) is 11.3 Å². The fourth-order valence-corrected chi connectivity index (χ4v) is 2.50. The second kappa shape index (κ2) is 4.48. The minimum atomic E-state index is -0.628. The van der Waals surface area contributed by atoms with Gasteiger partial charge in [-0.25, -0.2) is 0 Å². The second-order valence-corrected chi connectivity index (χ2v) is 4.74. The van der Waals surface area contributed by atoms with Gasteiger partial charge in [-0.2, -0.15) is 5.26 Å². The second-order valence-electron chi connectivity index (χ2n) is 4.74. The number of piperidine rings is 1. The molecular formula is C11H19N3O. The summed E-state index contributed by atoms with van der Waals surface area (Å²) < 4.78 is 5.59. The van der Waals surface area contributed by atoms with E-state index in [0.29, 0.717) is 12.6 Å². The molecule has 2 aliphatic rings. The third-order valence-electron chi connectivity index (χ3n) is 3.31. The summed E-state index contributed by atoms with van der Waals surface area (Å²) >= 11 is 0. The Morgan fingerprint density at radius 1 is 1.53 bits per heavy atom. The summed E-state index contributed by atoms with van der Waals surface area (Å²) in [4.78, 5) is 2.28. The van der Waals surface area contributed by atoms with Crippen molar-refractivity contribution in [3.05, 3.63) is 0 Å². The number of hydrogen-bond acceptors (Lipinski definition) is 4. The molecule has 2 atom stereocenters. The Balaban J connectivity index is 1.85. The van der Waals surface area contributed by atoms with Gasteiger partial charge in [-0.15, -0.1) is 0 Å². The Morgan fingerprint density at radius 2 is 2.40 bits per heavy atom. The van der Waals surface area contributed by atoms with E-state index in [9.17, 15) is 0 Å². The monoisotopic (exact) mass is 209 g/mol. The van der Waals surface area contributed by atoms with Gasteiger partial charge in [0.2, 0.25) is 0 Å². The minimum Gasteiger partial charge on any atom is -0.377 e. The van der Waals surface area contributed by atoms with E-state index in [1.54, 1.807) is 0 Å². The zero-order chi connectivity index (χ0) is 10.7. The molecule has 4 nitrogen and oxygen atoms in total. The maximum Gasteiger partial charge on any atom is 0.117 e. The highest BCUT2D eigenvalue weighted by Crippen LogP contribution is 2.20. The van der Waals surface area contributed by atoms with Crippen molar-refractivity contribution in [3.8, 4) is 6.07 Å². The van der Waals surface area contributed by atoms with Gasteiger partial charge in [0.05, 0.1) is 12.2 Å². The van der Waals surface area contributed by atoms with Crippen LogP contribution in [-0.2, 0) is 4.74 Å². The van der Waals surface area contributed by atoms with Crippen LogP contribution in [0.25, 0.3) is 0 Å². The van der Waals surface area contributed by atoms with Gasteiger partial charge in [-0.1, -0.05) is 0 Å². The Bertz CT molecular complexity index is 257. The van der Waals surface area contributed by atoms with E-state index in [4.69, 9.17) is 15.7 Å². The third-order valence-corrected chi connectivity index (χ3v) is 3.31. The number of rotatable bonds is 2. The highest BCUT2D eigenvalue weighted by Gasteiger charge is 2.32. The van der Waals surface area contributed by atoms with Crippen molar-refractivity contribution in [2.45, 2.75) is 37.3 Å². The largest absolute Gasteiger partial charge is 0.377 e. The Hall–Kier alpha value is -0.630. The van der Waals surface area contributed by atoms with Gasteiger partial charge in [0.25, 0.3) is 0 Å². The van der Waals surface area contributed by atoms with Crippen molar-refractivity contribution in [3.63, 3.8) is 0 Å². The summed E-state index contributed by atoms with van der Waals surface area (Å²) in [6.07, 6.45) is 4.54. The third kappa shape index (κ3) is 2.69. The molecule has 84 valence electrons. The molecule has 4 heteroatoms. The van der Waals surface area contributed by atoms with Gasteiger partial charge in [0, 0.05) is 19.7 Å². The molecule has 2 aliphatic heterocycles. The normalized spacial score (nSPS) is 37.7. The number of nitrogens with zero attached hydrogens (tertiary/aromatic N) is 2. The topological polar surface area (TPSA) is 62.3 Å². The maximum absolute atomic E-state index is 9.00. The molecule has 2 N–H and O–H groups in total. The molecule has 0 bridgehead atoms. The quantitative estimate of drug-likeness (QED) is 0.718. The van der Waals surface area contributed by atoms with Crippen molar-refractivity contribution in [2.24, 2.45) is 5.73 Å². The van der Waals surface area contributed by atoms with Gasteiger partial charge in [0.15, 0.2) is 0 Å². The van der Waals surface area contributed by atoms with Crippen LogP contribution in [0.1, 0.15) is 25.7 Å². The highest BCUT2D eigenvalue weighted by molar-refractivity contribution is 5.08. The van der Waals surface area contributed by atoms with Crippen molar-refractivity contribution in [2.75, 3.05) is 26.2 Å². The first-order valence-electron chi connectivity index (χ1n) is 5.76. The van der Waals surface area contributed by atoms with E-state index in [2.05, 4.69) is 11.0 Å². The molecule has 0 radical (unpaired) electrons. The molecule has 2 fully saturated rings. The van der Waals surface area contributed by atoms with Crippen molar-refractivity contribution >= 4 is 0 Å². The van der Waals surface area contributed by atoms with Gasteiger partial charge in [-0.3, -0.25) is 4.90 Å². The van der Waals surface area contributed by atoms with Crippen molar-refractivity contribution < 1.29 is 4.74 Å². The van der Waals surface area contributed by atoms with Crippen molar-refractivity contribution in [1.29, 1.82) is 5.26 Å². The van der Waals surface area contributed by atoms with Gasteiger partial charge in [0.1, 0.15) is 5.54 Å². The molecule has 0 spiro atoms. The first-order chi connectivity index (χ1) is 7.22. The van der Waals surface area contributed by atoms with E-state index in [0.717, 1.165) is 39.0 Å².